The second-order valence-electron chi connectivity index (χ2n) is 4.81. The van der Waals surface area contributed by atoms with Gasteiger partial charge in [0.1, 0.15) is 0 Å². The van der Waals surface area contributed by atoms with Gasteiger partial charge in [0.25, 0.3) is 0 Å². The summed E-state index contributed by atoms with van der Waals surface area (Å²) in [6.07, 6.45) is 1.89. The molecular weight excluding hydrogens is 310 g/mol. The Labute approximate surface area is 129 Å². The Balaban J connectivity index is 1.63. The van der Waals surface area contributed by atoms with E-state index in [4.69, 9.17) is 10.3 Å². The maximum atomic E-state index is 12.4. The third-order valence-corrected chi connectivity index (χ3v) is 5.16. The number of hydrogen-bond donors (Lipinski definition) is 1. The van der Waals surface area contributed by atoms with E-state index in [9.17, 15) is 4.79 Å². The van der Waals surface area contributed by atoms with Gasteiger partial charge in [0.15, 0.2) is 10.1 Å². The normalized spacial score (nSPS) is 18.3. The molecule has 3 rings (SSSR count). The topological polar surface area (TPSA) is 98.1 Å². The van der Waals surface area contributed by atoms with E-state index < -0.39 is 0 Å². The zero-order valence-electron chi connectivity index (χ0n) is 11.5. The van der Waals surface area contributed by atoms with Gasteiger partial charge in [0.05, 0.1) is 17.5 Å². The molecule has 21 heavy (non-hydrogen) atoms. The molecule has 0 bridgehead atoms. The molecule has 9 heteroatoms. The molecule has 3 heterocycles. The molecule has 0 aliphatic carbocycles. The highest BCUT2D eigenvalue weighted by atomic mass is 32.2. The van der Waals surface area contributed by atoms with E-state index in [0.29, 0.717) is 15.2 Å². The molecule has 2 aromatic rings. The summed E-state index contributed by atoms with van der Waals surface area (Å²) < 4.78 is 6.02. The number of nitrogens with zero attached hydrogens (tertiary/aromatic N) is 4. The van der Waals surface area contributed by atoms with Crippen molar-refractivity contribution in [1.82, 2.24) is 20.3 Å². The van der Waals surface area contributed by atoms with E-state index in [0.717, 1.165) is 30.8 Å². The number of hydrogen-bond acceptors (Lipinski definition) is 8. The highest BCUT2D eigenvalue weighted by Crippen LogP contribution is 2.33. The van der Waals surface area contributed by atoms with Gasteiger partial charge >= 0.3 is 0 Å². The number of rotatable bonds is 4. The van der Waals surface area contributed by atoms with Gasteiger partial charge in [-0.15, -0.1) is 10.2 Å². The largest absolute Gasteiger partial charge is 0.374 e. The minimum atomic E-state index is -0.00112. The lowest BCUT2D eigenvalue weighted by atomic mass is 10.1. The summed E-state index contributed by atoms with van der Waals surface area (Å²) in [4.78, 5) is 14.2. The standard InChI is InChI=1S/C12H15N5O2S2/c1-7-5-9(19-16-7)8-3-2-4-17(8)10(18)6-20-12-15-14-11(13)21-12/h5,8H,2-4,6H2,1H3,(H2,13,14)/t8-/m0/s1. The number of anilines is 1. The zero-order valence-corrected chi connectivity index (χ0v) is 13.1. The van der Waals surface area contributed by atoms with Crippen LogP contribution in [0.15, 0.2) is 14.9 Å². The molecule has 2 aromatic heterocycles. The Kier molecular flexibility index (Phi) is 4.11. The molecule has 0 unspecified atom stereocenters. The Morgan fingerprint density at radius 1 is 1.62 bits per heavy atom. The van der Waals surface area contributed by atoms with Gasteiger partial charge in [-0.3, -0.25) is 4.79 Å². The third kappa shape index (κ3) is 3.18. The predicted octanol–water partition coefficient (Wildman–Crippen LogP) is 1.87. The van der Waals surface area contributed by atoms with E-state index in [-0.39, 0.29) is 11.9 Å². The van der Waals surface area contributed by atoms with Crippen LogP contribution in [-0.2, 0) is 4.79 Å². The number of amides is 1. The highest BCUT2D eigenvalue weighted by molar-refractivity contribution is 8.01. The van der Waals surface area contributed by atoms with Crippen LogP contribution in [0.4, 0.5) is 5.13 Å². The van der Waals surface area contributed by atoms with Crippen molar-refractivity contribution >= 4 is 34.1 Å². The molecule has 7 nitrogen and oxygen atoms in total. The molecule has 1 saturated heterocycles. The van der Waals surface area contributed by atoms with Crippen molar-refractivity contribution in [3.05, 3.63) is 17.5 Å². The highest BCUT2D eigenvalue weighted by Gasteiger charge is 2.32. The first-order valence-electron chi connectivity index (χ1n) is 6.58. The van der Waals surface area contributed by atoms with Crippen LogP contribution in [0.5, 0.6) is 0 Å². The monoisotopic (exact) mass is 325 g/mol. The van der Waals surface area contributed by atoms with Crippen molar-refractivity contribution in [2.24, 2.45) is 0 Å². The summed E-state index contributed by atoms with van der Waals surface area (Å²) in [5, 5.41) is 12.0. The summed E-state index contributed by atoms with van der Waals surface area (Å²) in [7, 11) is 0. The van der Waals surface area contributed by atoms with Gasteiger partial charge in [-0.2, -0.15) is 0 Å². The minimum absolute atomic E-state index is 0.00112. The van der Waals surface area contributed by atoms with Crippen molar-refractivity contribution < 1.29 is 9.32 Å². The molecule has 2 N–H and O–H groups in total. The number of nitrogens with two attached hydrogens (primary N) is 1. The van der Waals surface area contributed by atoms with E-state index >= 15 is 0 Å². The van der Waals surface area contributed by atoms with Crippen LogP contribution in [0.1, 0.15) is 30.3 Å². The first-order valence-corrected chi connectivity index (χ1v) is 8.38. The summed E-state index contributed by atoms with van der Waals surface area (Å²) in [6, 6.07) is 1.90. The van der Waals surface area contributed by atoms with Crippen molar-refractivity contribution in [3.8, 4) is 0 Å². The molecular formula is C12H15N5O2S2. The summed E-state index contributed by atoms with van der Waals surface area (Å²) in [6.45, 7) is 2.63. The van der Waals surface area contributed by atoms with Gasteiger partial charge in [0.2, 0.25) is 11.0 Å². The molecule has 1 amide bonds. The van der Waals surface area contributed by atoms with Crippen LogP contribution in [0.3, 0.4) is 0 Å². The van der Waals surface area contributed by atoms with E-state index in [1.807, 2.05) is 17.9 Å². The van der Waals surface area contributed by atoms with Crippen molar-refractivity contribution in [3.63, 3.8) is 0 Å². The number of carbonyl (C=O) groups is 1. The van der Waals surface area contributed by atoms with Crippen LogP contribution in [0.25, 0.3) is 0 Å². The molecule has 1 aliphatic heterocycles. The van der Waals surface area contributed by atoms with Crippen molar-refractivity contribution in [1.29, 1.82) is 0 Å². The maximum Gasteiger partial charge on any atom is 0.233 e. The van der Waals surface area contributed by atoms with Crippen molar-refractivity contribution in [2.45, 2.75) is 30.1 Å². The predicted molar refractivity (Wildman–Crippen MR) is 80.0 cm³/mol. The van der Waals surface area contributed by atoms with Crippen LogP contribution < -0.4 is 5.73 Å². The Bertz CT molecular complexity index is 641. The smallest absolute Gasteiger partial charge is 0.233 e. The fraction of sp³-hybridized carbons (Fsp3) is 0.500. The van der Waals surface area contributed by atoms with Crippen LogP contribution in [0, 0.1) is 6.92 Å². The van der Waals surface area contributed by atoms with Crippen LogP contribution in [-0.4, -0.2) is 38.5 Å². The van der Waals surface area contributed by atoms with Gasteiger partial charge in [-0.25, -0.2) is 0 Å². The lowest BCUT2D eigenvalue weighted by Crippen LogP contribution is -2.31. The van der Waals surface area contributed by atoms with Crippen LogP contribution in [0.2, 0.25) is 0 Å². The first kappa shape index (κ1) is 14.3. The maximum absolute atomic E-state index is 12.4. The van der Waals surface area contributed by atoms with E-state index in [1.54, 1.807) is 0 Å². The van der Waals surface area contributed by atoms with Crippen molar-refractivity contribution in [2.75, 3.05) is 18.0 Å². The average molecular weight is 325 g/mol. The lowest BCUT2D eigenvalue weighted by molar-refractivity contribution is -0.129. The second-order valence-corrected chi connectivity index (χ2v) is 7.04. The first-order chi connectivity index (χ1) is 10.1. The number of likely N-dealkylation sites (tertiary alicyclic amines) is 1. The number of nitrogen functional groups attached to an aromatic ring is 1. The molecule has 1 atom stereocenters. The van der Waals surface area contributed by atoms with Gasteiger partial charge in [-0.05, 0) is 19.8 Å². The summed E-state index contributed by atoms with van der Waals surface area (Å²) >= 11 is 2.66. The van der Waals surface area contributed by atoms with Gasteiger partial charge < -0.3 is 15.2 Å². The zero-order chi connectivity index (χ0) is 14.8. The molecule has 112 valence electrons. The number of aryl methyl sites for hydroxylation is 1. The molecule has 0 spiro atoms. The van der Waals surface area contributed by atoms with E-state index in [1.165, 1.54) is 23.1 Å². The molecule has 0 saturated carbocycles. The molecule has 0 aromatic carbocycles. The fourth-order valence-corrected chi connectivity index (χ4v) is 3.91. The number of carbonyl (C=O) groups excluding carboxylic acids is 1. The summed E-state index contributed by atoms with van der Waals surface area (Å²) in [5.41, 5.74) is 6.36. The second kappa shape index (κ2) is 6.02. The lowest BCUT2D eigenvalue weighted by Gasteiger charge is -2.22. The third-order valence-electron chi connectivity index (χ3n) is 3.29. The fourth-order valence-electron chi connectivity index (χ4n) is 2.39. The molecule has 1 fully saturated rings. The Hall–Kier alpha value is -1.61. The van der Waals surface area contributed by atoms with Crippen LogP contribution >= 0.6 is 23.1 Å². The Morgan fingerprint density at radius 2 is 2.48 bits per heavy atom. The minimum Gasteiger partial charge on any atom is -0.374 e. The average Bonchev–Trinajstić information content (AvgIpc) is 3.16. The molecule has 0 radical (unpaired) electrons. The molecule has 1 aliphatic rings. The van der Waals surface area contributed by atoms with E-state index in [2.05, 4.69) is 15.4 Å². The Morgan fingerprint density at radius 3 is 3.14 bits per heavy atom. The number of aromatic nitrogens is 3. The van der Waals surface area contributed by atoms with Gasteiger partial charge in [-0.1, -0.05) is 28.3 Å². The number of thioether (sulfide) groups is 1. The SMILES string of the molecule is Cc1cc([C@@H]2CCCN2C(=O)CSc2nnc(N)s2)on1. The van der Waals surface area contributed by atoms with Gasteiger partial charge in [0, 0.05) is 12.6 Å². The summed E-state index contributed by atoms with van der Waals surface area (Å²) in [5.74, 6) is 1.17. The quantitative estimate of drug-likeness (QED) is 0.857.